The Morgan fingerprint density at radius 1 is 0.857 bits per heavy atom. The normalized spacial score (nSPS) is 14.1. The molecule has 14 nitrogen and oxygen atoms in total. The zero-order valence-corrected chi connectivity index (χ0v) is 32.6. The van der Waals surface area contributed by atoms with Crippen molar-refractivity contribution in [3.63, 3.8) is 0 Å². The molecule has 2 heterocycles. The smallest absolute Gasteiger partial charge is 0.748 e. The van der Waals surface area contributed by atoms with Crippen LogP contribution in [0.1, 0.15) is 46.3 Å². The first kappa shape index (κ1) is 40.8. The van der Waals surface area contributed by atoms with Crippen LogP contribution in [0.15, 0.2) is 42.2 Å². The van der Waals surface area contributed by atoms with Crippen molar-refractivity contribution >= 4 is 83.9 Å². The number of benzene rings is 2. The summed E-state index contributed by atoms with van der Waals surface area (Å²) < 4.78 is 81.5. The fourth-order valence-corrected chi connectivity index (χ4v) is 7.01. The molecule has 0 aliphatic carbocycles. The number of hydrogen-bond acceptors (Lipinski definition) is 12. The Bertz CT molecular complexity index is 2050. The van der Waals surface area contributed by atoms with E-state index in [2.05, 4.69) is 0 Å². The fourth-order valence-electron chi connectivity index (χ4n) is 5.58. The fraction of sp³-hybridized carbons (Fsp3) is 0.367. The molecule has 0 N–H and O–H groups in total. The predicted octanol–water partition coefficient (Wildman–Crippen LogP) is 0.422. The Balaban J connectivity index is 0.00000650. The molecule has 260 valence electrons. The van der Waals surface area contributed by atoms with Crippen LogP contribution in [0.2, 0.25) is 10.0 Å². The molecule has 1 aliphatic rings. The Morgan fingerprint density at radius 2 is 1.39 bits per heavy atom. The van der Waals surface area contributed by atoms with Crippen LogP contribution in [0.3, 0.4) is 0 Å². The molecule has 0 amide bonds. The van der Waals surface area contributed by atoms with Crippen LogP contribution in [0.5, 0.6) is 0 Å². The van der Waals surface area contributed by atoms with E-state index in [4.69, 9.17) is 32.7 Å². The molecular formula is C30H33Cl2N4NaO10S2. The zero-order valence-electron chi connectivity index (χ0n) is 27.4. The average molecular weight is 768 g/mol. The molecule has 0 atom stereocenters. The summed E-state index contributed by atoms with van der Waals surface area (Å²) in [5.41, 5.74) is 2.54. The monoisotopic (exact) mass is 766 g/mol. The largest absolute Gasteiger partial charge is 1.00 e. The topological polar surface area (TPSA) is 182 Å². The van der Waals surface area contributed by atoms with Gasteiger partial charge in [-0.05, 0) is 38.0 Å². The predicted molar refractivity (Wildman–Crippen MR) is 178 cm³/mol. The van der Waals surface area contributed by atoms with Crippen molar-refractivity contribution in [2.24, 2.45) is 7.05 Å². The number of allylic oxidation sites excluding steroid dienone is 2. The number of imidazole rings is 1. The number of carbonyl (C=O) groups excluding carboxylic acids is 2. The SMILES string of the molecule is CCN1C(=CC=Cc2n(CCCS(=O)(=O)[O-])c3cc(C(=O)OC)c(Cl)cc3[n+]2C)N(CCCS(=O)(=O)[O-])c2cc(C(=O)OC)c(Cl)cc21.[Na+]. The van der Waals surface area contributed by atoms with E-state index in [-0.39, 0.29) is 76.7 Å². The molecule has 49 heavy (non-hydrogen) atoms. The van der Waals surface area contributed by atoms with Crippen LogP contribution in [-0.2, 0) is 43.3 Å². The van der Waals surface area contributed by atoms with E-state index in [9.17, 15) is 35.5 Å². The number of hydrogen-bond donors (Lipinski definition) is 0. The third-order valence-electron chi connectivity index (χ3n) is 7.71. The second kappa shape index (κ2) is 16.6. The first-order chi connectivity index (χ1) is 22.5. The van der Waals surface area contributed by atoms with Gasteiger partial charge in [0.2, 0.25) is 0 Å². The summed E-state index contributed by atoms with van der Waals surface area (Å²) in [5, 5.41) is 0.296. The number of halogens is 2. The van der Waals surface area contributed by atoms with Gasteiger partial charge in [0.05, 0.1) is 80.6 Å². The van der Waals surface area contributed by atoms with Crippen LogP contribution in [-0.4, -0.2) is 81.3 Å². The molecule has 0 fully saturated rings. The van der Waals surface area contributed by atoms with Crippen molar-refractivity contribution in [2.45, 2.75) is 26.3 Å². The van der Waals surface area contributed by atoms with E-state index in [1.165, 1.54) is 20.3 Å². The molecule has 19 heteroatoms. The van der Waals surface area contributed by atoms with Gasteiger partial charge in [-0.15, -0.1) is 0 Å². The summed E-state index contributed by atoms with van der Waals surface area (Å²) in [6.07, 6.45) is 5.18. The Hall–Kier alpha value is -2.67. The van der Waals surface area contributed by atoms with Gasteiger partial charge in [-0.25, -0.2) is 35.6 Å². The number of esters is 2. The summed E-state index contributed by atoms with van der Waals surface area (Å²) in [6.45, 7) is 2.55. The first-order valence-corrected chi connectivity index (χ1v) is 18.4. The van der Waals surface area contributed by atoms with Gasteiger partial charge < -0.3 is 28.4 Å². The second-order valence-corrected chi connectivity index (χ2v) is 14.6. The molecular weight excluding hydrogens is 734 g/mol. The van der Waals surface area contributed by atoms with Gasteiger partial charge in [0.25, 0.3) is 5.82 Å². The van der Waals surface area contributed by atoms with Crippen LogP contribution in [0, 0.1) is 0 Å². The second-order valence-electron chi connectivity index (χ2n) is 10.7. The number of anilines is 2. The van der Waals surface area contributed by atoms with E-state index < -0.39 is 43.7 Å². The average Bonchev–Trinajstić information content (AvgIpc) is 3.43. The Kier molecular flexibility index (Phi) is 13.8. The molecule has 0 bridgehead atoms. The van der Waals surface area contributed by atoms with E-state index in [1.54, 1.807) is 57.5 Å². The maximum atomic E-state index is 12.4. The number of nitrogens with zero attached hydrogens (tertiary/aromatic N) is 4. The van der Waals surface area contributed by atoms with Crippen molar-refractivity contribution < 1.29 is 79.1 Å². The standard InChI is InChI=1S/C30H34Cl2N4O10S2.Na/c1-5-34-26-18-22(32)20(30(38)46-4)16-25(26)36(12-8-14-48(42,43)44)28(34)10-6-9-27-33(2)23-17-21(31)19(29(37)45-3)15-24(23)35(27)11-7-13-47(39,40)41;/h6,9-10,15-18H,5,7-8,11-14H2,1-4H3,(H-,39,40,41,42,43,44);/q;+1/p-1. The molecule has 0 radical (unpaired) electrons. The van der Waals surface area contributed by atoms with Crippen molar-refractivity contribution in [2.75, 3.05) is 48.6 Å². The van der Waals surface area contributed by atoms with Gasteiger partial charge >= 0.3 is 41.5 Å². The van der Waals surface area contributed by atoms with Crippen LogP contribution >= 0.6 is 23.2 Å². The number of methoxy groups -OCH3 is 2. The minimum Gasteiger partial charge on any atom is -0.748 e. The van der Waals surface area contributed by atoms with Crippen molar-refractivity contribution in [1.82, 2.24) is 4.57 Å². The van der Waals surface area contributed by atoms with Crippen molar-refractivity contribution in [3.05, 3.63) is 69.2 Å². The van der Waals surface area contributed by atoms with Gasteiger partial charge in [0, 0.05) is 42.8 Å². The molecule has 0 spiro atoms. The van der Waals surface area contributed by atoms with E-state index in [0.29, 0.717) is 40.6 Å². The number of rotatable bonds is 13. The van der Waals surface area contributed by atoms with Crippen molar-refractivity contribution in [1.29, 1.82) is 0 Å². The van der Waals surface area contributed by atoms with Crippen LogP contribution in [0.25, 0.3) is 17.1 Å². The Morgan fingerprint density at radius 3 is 1.94 bits per heavy atom. The van der Waals surface area contributed by atoms with E-state index in [0.717, 1.165) is 0 Å². The molecule has 0 unspecified atom stereocenters. The summed E-state index contributed by atoms with van der Waals surface area (Å²) >= 11 is 12.8. The molecule has 3 aromatic rings. The summed E-state index contributed by atoms with van der Waals surface area (Å²) in [4.78, 5) is 28.5. The number of ether oxygens (including phenoxy) is 2. The maximum absolute atomic E-state index is 12.4. The van der Waals surface area contributed by atoms with Crippen molar-refractivity contribution in [3.8, 4) is 0 Å². The summed E-state index contributed by atoms with van der Waals surface area (Å²) in [6, 6.07) is 6.28. The van der Waals surface area contributed by atoms with E-state index >= 15 is 0 Å². The van der Waals surface area contributed by atoms with Gasteiger partial charge in [0.15, 0.2) is 11.0 Å². The number of carbonyl (C=O) groups is 2. The molecule has 0 saturated heterocycles. The van der Waals surface area contributed by atoms with Gasteiger partial charge in [0.1, 0.15) is 5.82 Å². The molecule has 2 aromatic carbocycles. The molecule has 1 aliphatic heterocycles. The third-order valence-corrected chi connectivity index (χ3v) is 9.91. The number of aromatic nitrogens is 2. The molecule has 0 saturated carbocycles. The minimum absolute atomic E-state index is 0. The van der Waals surface area contributed by atoms with Crippen LogP contribution < -0.4 is 43.9 Å². The quantitative estimate of drug-likeness (QED) is 0.101. The number of aryl methyl sites for hydroxylation is 2. The first-order valence-electron chi connectivity index (χ1n) is 14.5. The Labute approximate surface area is 316 Å². The third kappa shape index (κ3) is 9.36. The molecule has 4 rings (SSSR count). The number of fused-ring (bicyclic) bond motifs is 2. The zero-order chi connectivity index (χ0) is 35.6. The van der Waals surface area contributed by atoms with E-state index in [1.807, 2.05) is 11.8 Å². The van der Waals surface area contributed by atoms with Crippen LogP contribution in [0.4, 0.5) is 11.4 Å². The van der Waals surface area contributed by atoms with Gasteiger partial charge in [-0.3, -0.25) is 0 Å². The van der Waals surface area contributed by atoms with Gasteiger partial charge in [-0.2, -0.15) is 0 Å². The van der Waals surface area contributed by atoms with Gasteiger partial charge in [-0.1, -0.05) is 29.3 Å². The summed E-state index contributed by atoms with van der Waals surface area (Å²) in [7, 11) is -4.78. The molecule has 1 aromatic heterocycles. The summed E-state index contributed by atoms with van der Waals surface area (Å²) in [5.74, 6) is -1.38. The maximum Gasteiger partial charge on any atom is 1.00 e. The minimum atomic E-state index is -4.49.